The van der Waals surface area contributed by atoms with E-state index in [0.717, 1.165) is 18.2 Å². The van der Waals surface area contributed by atoms with E-state index in [1.807, 2.05) is 0 Å². The van der Waals surface area contributed by atoms with Crippen molar-refractivity contribution in [2.75, 3.05) is 5.32 Å². The molecular formula is C16H12ClF2NO3. The number of nitrogens with one attached hydrogen (secondary N) is 1. The fourth-order valence-electron chi connectivity index (χ4n) is 1.73. The van der Waals surface area contributed by atoms with Crippen molar-refractivity contribution in [2.45, 2.75) is 13.0 Å². The summed E-state index contributed by atoms with van der Waals surface area (Å²) in [6, 6.07) is 8.70. The van der Waals surface area contributed by atoms with Crippen LogP contribution in [0.2, 0.25) is 5.02 Å². The monoisotopic (exact) mass is 339 g/mol. The maximum absolute atomic E-state index is 13.5. The Morgan fingerprint density at radius 3 is 2.52 bits per heavy atom. The van der Waals surface area contributed by atoms with Gasteiger partial charge in [-0.25, -0.2) is 13.6 Å². The fraction of sp³-hybridized carbons (Fsp3) is 0.125. The van der Waals surface area contributed by atoms with Crippen molar-refractivity contribution < 1.29 is 23.1 Å². The number of halogens is 3. The molecule has 0 unspecified atom stereocenters. The first kappa shape index (κ1) is 16.9. The van der Waals surface area contributed by atoms with Gasteiger partial charge in [0.1, 0.15) is 11.6 Å². The molecule has 0 saturated heterocycles. The minimum absolute atomic E-state index is 0.00554. The molecule has 7 heteroatoms. The second-order valence-electron chi connectivity index (χ2n) is 4.64. The number of anilines is 1. The van der Waals surface area contributed by atoms with Crippen molar-refractivity contribution in [2.24, 2.45) is 0 Å². The van der Waals surface area contributed by atoms with Crippen LogP contribution in [-0.4, -0.2) is 18.0 Å². The van der Waals surface area contributed by atoms with Gasteiger partial charge >= 0.3 is 5.97 Å². The van der Waals surface area contributed by atoms with Crippen molar-refractivity contribution in [3.8, 4) is 0 Å². The molecule has 0 aromatic heterocycles. The number of ether oxygens (including phenoxy) is 1. The summed E-state index contributed by atoms with van der Waals surface area (Å²) in [6.45, 7) is 1.32. The molecule has 1 N–H and O–H groups in total. The van der Waals surface area contributed by atoms with Gasteiger partial charge in [-0.1, -0.05) is 23.7 Å². The highest BCUT2D eigenvalue weighted by atomic mass is 35.5. The van der Waals surface area contributed by atoms with Gasteiger partial charge < -0.3 is 10.1 Å². The molecule has 0 radical (unpaired) electrons. The Kier molecular flexibility index (Phi) is 5.28. The van der Waals surface area contributed by atoms with E-state index in [1.165, 1.54) is 31.2 Å². The Morgan fingerprint density at radius 2 is 1.87 bits per heavy atom. The highest BCUT2D eigenvalue weighted by Gasteiger charge is 2.21. The molecule has 120 valence electrons. The topological polar surface area (TPSA) is 55.4 Å². The van der Waals surface area contributed by atoms with Gasteiger partial charge in [-0.3, -0.25) is 4.79 Å². The molecule has 0 bridgehead atoms. The third-order valence-corrected chi connectivity index (χ3v) is 3.25. The highest BCUT2D eigenvalue weighted by Crippen LogP contribution is 2.22. The molecule has 0 aliphatic rings. The zero-order chi connectivity index (χ0) is 17.0. The summed E-state index contributed by atoms with van der Waals surface area (Å²) in [5, 5.41) is 2.41. The predicted molar refractivity (Wildman–Crippen MR) is 81.3 cm³/mol. The van der Waals surface area contributed by atoms with Crippen LogP contribution < -0.4 is 5.32 Å². The van der Waals surface area contributed by atoms with Crippen molar-refractivity contribution >= 4 is 29.2 Å². The van der Waals surface area contributed by atoms with Crippen molar-refractivity contribution in [3.05, 3.63) is 64.7 Å². The second kappa shape index (κ2) is 7.19. The van der Waals surface area contributed by atoms with Gasteiger partial charge in [-0.05, 0) is 37.3 Å². The van der Waals surface area contributed by atoms with E-state index < -0.39 is 29.6 Å². The molecule has 0 heterocycles. The Labute approximate surface area is 136 Å². The average Bonchev–Trinajstić information content (AvgIpc) is 2.50. The van der Waals surface area contributed by atoms with Gasteiger partial charge in [0.05, 0.1) is 16.3 Å². The van der Waals surface area contributed by atoms with Gasteiger partial charge in [-0.2, -0.15) is 0 Å². The lowest BCUT2D eigenvalue weighted by Crippen LogP contribution is -2.30. The van der Waals surface area contributed by atoms with E-state index in [2.05, 4.69) is 5.32 Å². The first-order chi connectivity index (χ1) is 10.9. The number of esters is 1. The van der Waals surface area contributed by atoms with E-state index in [-0.39, 0.29) is 16.3 Å². The van der Waals surface area contributed by atoms with Gasteiger partial charge in [0.2, 0.25) is 0 Å². The molecular weight excluding hydrogens is 328 g/mol. The molecule has 0 fully saturated rings. The molecule has 0 spiro atoms. The second-order valence-corrected chi connectivity index (χ2v) is 5.05. The summed E-state index contributed by atoms with van der Waals surface area (Å²) in [5.74, 6) is -2.93. The number of carbonyl (C=O) groups excluding carboxylic acids is 2. The first-order valence-corrected chi connectivity index (χ1v) is 6.97. The van der Waals surface area contributed by atoms with E-state index in [1.54, 1.807) is 0 Å². The highest BCUT2D eigenvalue weighted by molar-refractivity contribution is 6.33. The summed E-state index contributed by atoms with van der Waals surface area (Å²) in [4.78, 5) is 23.8. The summed E-state index contributed by atoms with van der Waals surface area (Å²) in [7, 11) is 0. The Balaban J connectivity index is 2.03. The Bertz CT molecular complexity index is 752. The molecule has 0 saturated carbocycles. The molecule has 2 rings (SSSR count). The largest absolute Gasteiger partial charge is 0.449 e. The van der Waals surface area contributed by atoms with Gasteiger partial charge in [0.15, 0.2) is 6.10 Å². The molecule has 1 amide bonds. The summed E-state index contributed by atoms with van der Waals surface area (Å²) in [5.41, 5.74) is -0.0983. The summed E-state index contributed by atoms with van der Waals surface area (Å²) >= 11 is 5.79. The molecule has 4 nitrogen and oxygen atoms in total. The minimum atomic E-state index is -1.19. The zero-order valence-corrected chi connectivity index (χ0v) is 12.7. The lowest BCUT2D eigenvalue weighted by atomic mass is 10.2. The molecule has 0 aliphatic heterocycles. The number of benzene rings is 2. The van der Waals surface area contributed by atoms with Crippen LogP contribution in [0.15, 0.2) is 42.5 Å². The maximum Gasteiger partial charge on any atom is 0.341 e. The average molecular weight is 340 g/mol. The number of rotatable bonds is 4. The van der Waals surface area contributed by atoms with Gasteiger partial charge in [0.25, 0.3) is 5.91 Å². The number of hydrogen-bond donors (Lipinski definition) is 1. The van der Waals surface area contributed by atoms with E-state index in [0.29, 0.717) is 0 Å². The smallest absolute Gasteiger partial charge is 0.341 e. The fourth-order valence-corrected chi connectivity index (χ4v) is 1.94. The summed E-state index contributed by atoms with van der Waals surface area (Å²) < 4.78 is 31.3. The third-order valence-electron chi connectivity index (χ3n) is 2.94. The molecule has 2 aromatic rings. The molecule has 0 aliphatic carbocycles. The van der Waals surface area contributed by atoms with Crippen LogP contribution in [0.3, 0.4) is 0 Å². The lowest BCUT2D eigenvalue weighted by molar-refractivity contribution is -0.123. The zero-order valence-electron chi connectivity index (χ0n) is 12.0. The quantitative estimate of drug-likeness (QED) is 0.862. The lowest BCUT2D eigenvalue weighted by Gasteiger charge is -2.14. The number of carbonyl (C=O) groups is 2. The van der Waals surface area contributed by atoms with Crippen LogP contribution >= 0.6 is 11.6 Å². The van der Waals surface area contributed by atoms with Gasteiger partial charge in [-0.15, -0.1) is 0 Å². The van der Waals surface area contributed by atoms with Crippen molar-refractivity contribution in [1.82, 2.24) is 0 Å². The first-order valence-electron chi connectivity index (χ1n) is 6.60. The van der Waals surface area contributed by atoms with E-state index in [4.69, 9.17) is 16.3 Å². The predicted octanol–water partition coefficient (Wildman–Crippen LogP) is 3.80. The standard InChI is InChI=1S/C16H12ClF2NO3/c1-9(23-16(22)11-4-2-3-5-13(11)19)15(21)20-14-7-6-10(18)8-12(14)17/h2-9H,1H3,(H,20,21)/t9-/m1/s1. The Hall–Kier alpha value is -2.47. The molecule has 23 heavy (non-hydrogen) atoms. The minimum Gasteiger partial charge on any atom is -0.449 e. The van der Waals surface area contributed by atoms with Gasteiger partial charge in [0, 0.05) is 0 Å². The van der Waals surface area contributed by atoms with Crippen molar-refractivity contribution in [3.63, 3.8) is 0 Å². The maximum atomic E-state index is 13.5. The van der Waals surface area contributed by atoms with Crippen LogP contribution in [-0.2, 0) is 9.53 Å². The van der Waals surface area contributed by atoms with Crippen LogP contribution in [0.25, 0.3) is 0 Å². The van der Waals surface area contributed by atoms with Crippen molar-refractivity contribution in [1.29, 1.82) is 0 Å². The van der Waals surface area contributed by atoms with Crippen LogP contribution in [0.4, 0.5) is 14.5 Å². The number of hydrogen-bond acceptors (Lipinski definition) is 3. The van der Waals surface area contributed by atoms with E-state index in [9.17, 15) is 18.4 Å². The molecule has 1 atom stereocenters. The van der Waals surface area contributed by atoms with Crippen LogP contribution in [0.5, 0.6) is 0 Å². The van der Waals surface area contributed by atoms with Crippen LogP contribution in [0.1, 0.15) is 17.3 Å². The SMILES string of the molecule is C[C@@H](OC(=O)c1ccccc1F)C(=O)Nc1ccc(F)cc1Cl. The van der Waals surface area contributed by atoms with E-state index >= 15 is 0 Å². The Morgan fingerprint density at radius 1 is 1.17 bits per heavy atom. The summed E-state index contributed by atoms with van der Waals surface area (Å²) in [6.07, 6.45) is -1.19. The number of amides is 1. The van der Waals surface area contributed by atoms with Crippen LogP contribution in [0, 0.1) is 11.6 Å². The third kappa shape index (κ3) is 4.26. The molecule has 2 aromatic carbocycles. The normalized spacial score (nSPS) is 11.7.